The molecule has 1 aliphatic rings. The standard InChI is InChI=1S/C22H17ClN4O.C2H5NO/c1-13-21-18-8-5-15(16-10-25-27(2)12-16)9-19(18)22(24-11-20(21)28-26-13)14-3-6-17(23)7-4-14;1-2(3)4/h3-10,12H,11H2,1-2H3;1H3,(H2,3,4). The number of hydrogen-bond acceptors (Lipinski definition) is 5. The highest BCUT2D eigenvalue weighted by molar-refractivity contribution is 6.30. The van der Waals surface area contributed by atoms with Crippen molar-refractivity contribution < 1.29 is 9.32 Å². The van der Waals surface area contributed by atoms with E-state index in [1.807, 2.05) is 50.6 Å². The molecule has 2 aromatic carbocycles. The Hall–Kier alpha value is -3.71. The number of hydrogen-bond donors (Lipinski definition) is 1. The van der Waals surface area contributed by atoms with Gasteiger partial charge in [-0.15, -0.1) is 0 Å². The molecule has 0 saturated heterocycles. The molecule has 0 bridgehead atoms. The molecule has 0 aliphatic carbocycles. The average molecular weight is 448 g/mol. The van der Waals surface area contributed by atoms with Gasteiger partial charge in [-0.3, -0.25) is 14.5 Å². The third kappa shape index (κ3) is 4.33. The molecule has 2 aromatic heterocycles. The molecule has 2 N–H and O–H groups in total. The Balaban J connectivity index is 0.000000567. The first-order valence-electron chi connectivity index (χ1n) is 9.99. The maximum atomic E-state index is 9.22. The number of aryl methyl sites for hydroxylation is 2. The molecule has 0 saturated carbocycles. The smallest absolute Gasteiger partial charge is 0.214 e. The predicted molar refractivity (Wildman–Crippen MR) is 125 cm³/mol. The fraction of sp³-hybridized carbons (Fsp3) is 0.167. The Bertz CT molecular complexity index is 1310. The van der Waals surface area contributed by atoms with Crippen molar-refractivity contribution in [3.05, 3.63) is 82.5 Å². The van der Waals surface area contributed by atoms with Crippen molar-refractivity contribution in [3.63, 3.8) is 0 Å². The van der Waals surface area contributed by atoms with Crippen molar-refractivity contribution in [1.29, 1.82) is 0 Å². The van der Waals surface area contributed by atoms with Crippen LogP contribution in [0, 0.1) is 6.92 Å². The fourth-order valence-electron chi connectivity index (χ4n) is 3.67. The van der Waals surface area contributed by atoms with Gasteiger partial charge < -0.3 is 10.3 Å². The van der Waals surface area contributed by atoms with Crippen molar-refractivity contribution in [2.75, 3.05) is 0 Å². The summed E-state index contributed by atoms with van der Waals surface area (Å²) in [5.74, 6) is 0.455. The molecular weight excluding hydrogens is 426 g/mol. The van der Waals surface area contributed by atoms with Gasteiger partial charge in [0.05, 0.1) is 23.2 Å². The number of rotatable bonds is 2. The molecule has 0 radical (unpaired) electrons. The maximum absolute atomic E-state index is 9.22. The minimum atomic E-state index is -0.333. The number of fused-ring (bicyclic) bond motifs is 3. The zero-order valence-electron chi connectivity index (χ0n) is 18.0. The van der Waals surface area contributed by atoms with Crippen LogP contribution in [0.3, 0.4) is 0 Å². The topological polar surface area (TPSA) is 99.3 Å². The van der Waals surface area contributed by atoms with Crippen molar-refractivity contribution in [2.24, 2.45) is 17.8 Å². The Morgan fingerprint density at radius 3 is 2.44 bits per heavy atom. The lowest BCUT2D eigenvalue weighted by Gasteiger charge is -2.12. The molecule has 0 spiro atoms. The third-order valence-corrected chi connectivity index (χ3v) is 5.27. The van der Waals surface area contributed by atoms with E-state index in [9.17, 15) is 4.79 Å². The minimum absolute atomic E-state index is 0.333. The van der Waals surface area contributed by atoms with Gasteiger partial charge in [0.15, 0.2) is 5.76 Å². The third-order valence-electron chi connectivity index (χ3n) is 5.01. The highest BCUT2D eigenvalue weighted by Gasteiger charge is 2.24. The quantitative estimate of drug-likeness (QED) is 0.487. The number of nitrogens with two attached hydrogens (primary N) is 1. The van der Waals surface area contributed by atoms with Crippen LogP contribution in [0.15, 0.2) is 64.4 Å². The summed E-state index contributed by atoms with van der Waals surface area (Å²) in [6, 6.07) is 14.2. The summed E-state index contributed by atoms with van der Waals surface area (Å²) in [5, 5.41) is 9.16. The van der Waals surface area contributed by atoms with Gasteiger partial charge in [0, 0.05) is 41.9 Å². The highest BCUT2D eigenvalue weighted by Crippen LogP contribution is 2.37. The summed E-state index contributed by atoms with van der Waals surface area (Å²) < 4.78 is 7.36. The number of carbonyl (C=O) groups excluding carboxylic acids is 1. The Morgan fingerprint density at radius 1 is 1.09 bits per heavy atom. The van der Waals surface area contributed by atoms with Crippen molar-refractivity contribution in [3.8, 4) is 22.3 Å². The van der Waals surface area contributed by atoms with Crippen LogP contribution in [0.25, 0.3) is 22.3 Å². The Labute approximate surface area is 190 Å². The molecule has 8 heteroatoms. The van der Waals surface area contributed by atoms with Crippen LogP contribution in [0.4, 0.5) is 0 Å². The van der Waals surface area contributed by atoms with Crippen LogP contribution >= 0.6 is 11.6 Å². The van der Waals surface area contributed by atoms with Crippen LogP contribution in [0.2, 0.25) is 5.02 Å². The van der Waals surface area contributed by atoms with Crippen LogP contribution in [-0.2, 0) is 18.4 Å². The van der Waals surface area contributed by atoms with Gasteiger partial charge in [0.25, 0.3) is 0 Å². The second-order valence-electron chi connectivity index (χ2n) is 7.51. The minimum Gasteiger partial charge on any atom is -0.370 e. The Morgan fingerprint density at radius 2 is 1.78 bits per heavy atom. The number of carbonyl (C=O) groups is 1. The second kappa shape index (κ2) is 8.80. The summed E-state index contributed by atoms with van der Waals surface area (Å²) in [7, 11) is 1.92. The molecule has 0 atom stereocenters. The predicted octanol–water partition coefficient (Wildman–Crippen LogP) is 4.55. The largest absolute Gasteiger partial charge is 0.370 e. The van der Waals surface area contributed by atoms with Crippen molar-refractivity contribution in [1.82, 2.24) is 14.9 Å². The van der Waals surface area contributed by atoms with Crippen molar-refractivity contribution >= 4 is 23.2 Å². The first-order chi connectivity index (χ1) is 15.3. The van der Waals surface area contributed by atoms with E-state index in [2.05, 4.69) is 34.2 Å². The van der Waals surface area contributed by atoms with E-state index in [0.29, 0.717) is 11.6 Å². The molecule has 1 amide bonds. The van der Waals surface area contributed by atoms with Gasteiger partial charge >= 0.3 is 0 Å². The molecule has 32 heavy (non-hydrogen) atoms. The zero-order chi connectivity index (χ0) is 22.8. The molecule has 3 heterocycles. The number of nitrogens with zero attached hydrogens (tertiary/aromatic N) is 4. The first-order valence-corrected chi connectivity index (χ1v) is 10.4. The molecule has 5 rings (SSSR count). The van der Waals surface area contributed by atoms with Crippen LogP contribution in [-0.4, -0.2) is 26.6 Å². The van der Waals surface area contributed by atoms with Gasteiger partial charge in [-0.05, 0) is 36.2 Å². The molecular formula is C24H22ClN5O2. The summed E-state index contributed by atoms with van der Waals surface area (Å²) >= 11 is 6.09. The summed E-state index contributed by atoms with van der Waals surface area (Å²) in [6.07, 6.45) is 3.88. The first kappa shape index (κ1) is 21.5. The lowest BCUT2D eigenvalue weighted by Crippen LogP contribution is -2.05. The van der Waals surface area contributed by atoms with E-state index in [-0.39, 0.29) is 5.91 Å². The fourth-order valence-corrected chi connectivity index (χ4v) is 3.79. The number of amides is 1. The summed E-state index contributed by atoms with van der Waals surface area (Å²) in [4.78, 5) is 14.1. The maximum Gasteiger partial charge on any atom is 0.214 e. The van der Waals surface area contributed by atoms with Gasteiger partial charge in [-0.1, -0.05) is 41.0 Å². The number of benzene rings is 2. The van der Waals surface area contributed by atoms with Crippen LogP contribution in [0.1, 0.15) is 29.5 Å². The lowest BCUT2D eigenvalue weighted by atomic mass is 9.91. The molecule has 0 unspecified atom stereocenters. The van der Waals surface area contributed by atoms with Crippen LogP contribution in [0.5, 0.6) is 0 Å². The summed E-state index contributed by atoms with van der Waals surface area (Å²) in [6.45, 7) is 3.72. The molecule has 1 aliphatic heterocycles. The Kier molecular flexibility index (Phi) is 5.92. The van der Waals surface area contributed by atoms with E-state index < -0.39 is 0 Å². The summed E-state index contributed by atoms with van der Waals surface area (Å²) in [5.41, 5.74) is 12.6. The van der Waals surface area contributed by atoms with Gasteiger partial charge in [0.2, 0.25) is 5.91 Å². The SMILES string of the molecule is CC(N)=O.Cc1noc2c1-c1ccc(-c3cnn(C)c3)cc1C(c1ccc(Cl)cc1)=NC2. The molecule has 7 nitrogen and oxygen atoms in total. The van der Waals surface area contributed by atoms with Gasteiger partial charge in [-0.2, -0.15) is 5.10 Å². The number of halogens is 1. The second-order valence-corrected chi connectivity index (χ2v) is 7.95. The van der Waals surface area contributed by atoms with E-state index >= 15 is 0 Å². The van der Waals surface area contributed by atoms with E-state index in [1.165, 1.54) is 6.92 Å². The average Bonchev–Trinajstić information content (AvgIpc) is 3.30. The van der Waals surface area contributed by atoms with Gasteiger partial charge in [0.1, 0.15) is 6.54 Å². The number of primary amides is 1. The van der Waals surface area contributed by atoms with E-state index in [1.54, 1.807) is 4.68 Å². The van der Waals surface area contributed by atoms with Gasteiger partial charge in [-0.25, -0.2) is 0 Å². The van der Waals surface area contributed by atoms with E-state index in [4.69, 9.17) is 21.1 Å². The molecule has 0 fully saturated rings. The highest BCUT2D eigenvalue weighted by atomic mass is 35.5. The van der Waals surface area contributed by atoms with E-state index in [0.717, 1.165) is 50.5 Å². The van der Waals surface area contributed by atoms with Crippen LogP contribution < -0.4 is 5.73 Å². The lowest BCUT2D eigenvalue weighted by molar-refractivity contribution is -0.115. The number of aliphatic imine (C=N–C) groups is 1. The molecule has 4 aromatic rings. The normalized spacial score (nSPS) is 12.1. The monoisotopic (exact) mass is 447 g/mol. The molecule has 162 valence electrons. The zero-order valence-corrected chi connectivity index (χ0v) is 18.7. The van der Waals surface area contributed by atoms with Crippen molar-refractivity contribution in [2.45, 2.75) is 20.4 Å². The number of aromatic nitrogens is 3.